The Morgan fingerprint density at radius 1 is 1.46 bits per heavy atom. The summed E-state index contributed by atoms with van der Waals surface area (Å²) in [5.74, 6) is 0.514. The van der Waals surface area contributed by atoms with Crippen LogP contribution in [-0.4, -0.2) is 16.9 Å². The number of aromatic nitrogens is 2. The first-order chi connectivity index (χ1) is 5.88. The minimum absolute atomic E-state index is 0.142. The molecule has 0 saturated heterocycles. The fraction of sp³-hybridized carbons (Fsp3) is 0.625. The highest BCUT2D eigenvalue weighted by Gasteiger charge is 2.22. The van der Waals surface area contributed by atoms with Gasteiger partial charge in [0.05, 0.1) is 12.6 Å². The number of rotatable bonds is 1. The van der Waals surface area contributed by atoms with Gasteiger partial charge in [-0.3, -0.25) is 0 Å². The maximum Gasteiger partial charge on any atom is 0.248 e. The summed E-state index contributed by atoms with van der Waals surface area (Å²) in [6.45, 7) is 6.08. The van der Waals surface area contributed by atoms with Gasteiger partial charge < -0.3 is 4.74 Å². The summed E-state index contributed by atoms with van der Waals surface area (Å²) in [5, 5.41) is 4.77. The van der Waals surface area contributed by atoms with Crippen molar-refractivity contribution in [3.8, 4) is 5.88 Å². The largest absolute Gasteiger partial charge is 0.479 e. The van der Waals surface area contributed by atoms with Gasteiger partial charge in [-0.2, -0.15) is 0 Å². The van der Waals surface area contributed by atoms with Crippen molar-refractivity contribution in [3.63, 3.8) is 0 Å². The Balaban J connectivity index is 3.25. The number of ether oxygens (including phenoxy) is 1. The second kappa shape index (κ2) is 3.50. The monoisotopic (exact) mass is 266 g/mol. The normalized spacial score (nSPS) is 11.8. The van der Waals surface area contributed by atoms with E-state index in [-0.39, 0.29) is 5.54 Å². The molecule has 0 aliphatic rings. The van der Waals surface area contributed by atoms with E-state index in [1.807, 2.05) is 20.8 Å². The number of hydrogen-bond acceptors (Lipinski definition) is 2. The van der Waals surface area contributed by atoms with Gasteiger partial charge >= 0.3 is 0 Å². The number of hydrogen-bond donors (Lipinski definition) is 0. The molecule has 1 aromatic rings. The third kappa shape index (κ3) is 1.99. The van der Waals surface area contributed by atoms with Gasteiger partial charge in [-0.25, -0.2) is 4.68 Å². The maximum absolute atomic E-state index is 6.05. The van der Waals surface area contributed by atoms with Gasteiger partial charge in [0.1, 0.15) is 9.63 Å². The van der Waals surface area contributed by atoms with Crippen LogP contribution in [0.5, 0.6) is 5.88 Å². The molecule has 5 heteroatoms. The van der Waals surface area contributed by atoms with E-state index >= 15 is 0 Å². The molecule has 74 valence electrons. The quantitative estimate of drug-likeness (QED) is 0.782. The highest BCUT2D eigenvalue weighted by molar-refractivity contribution is 9.10. The third-order valence-electron chi connectivity index (χ3n) is 1.57. The van der Waals surface area contributed by atoms with Crippen LogP contribution in [0.25, 0.3) is 0 Å². The Labute approximate surface area is 91.1 Å². The Morgan fingerprint density at radius 3 is 2.23 bits per heavy atom. The van der Waals surface area contributed by atoms with E-state index in [4.69, 9.17) is 16.3 Å². The van der Waals surface area contributed by atoms with E-state index in [2.05, 4.69) is 21.0 Å². The minimum atomic E-state index is -0.142. The number of methoxy groups -OCH3 is 1. The second-order valence-electron chi connectivity index (χ2n) is 3.70. The molecule has 0 aromatic carbocycles. The highest BCUT2D eigenvalue weighted by atomic mass is 79.9. The van der Waals surface area contributed by atoms with Crippen molar-refractivity contribution in [1.29, 1.82) is 0 Å². The molecule has 0 bridgehead atoms. The van der Waals surface area contributed by atoms with E-state index in [1.165, 1.54) is 0 Å². The van der Waals surface area contributed by atoms with E-state index < -0.39 is 0 Å². The molecule has 0 amide bonds. The van der Waals surface area contributed by atoms with E-state index in [0.29, 0.717) is 15.5 Å². The lowest BCUT2D eigenvalue weighted by Crippen LogP contribution is -2.23. The molecule has 0 aliphatic carbocycles. The van der Waals surface area contributed by atoms with Crippen molar-refractivity contribution < 1.29 is 4.74 Å². The molecule has 0 radical (unpaired) electrons. The lowest BCUT2D eigenvalue weighted by molar-refractivity contribution is 0.330. The molecular formula is C8H12BrClN2O. The maximum atomic E-state index is 6.05. The number of halogens is 2. The SMILES string of the molecule is COc1nn(C(C)(C)C)c(Cl)c1Br. The molecule has 3 nitrogen and oxygen atoms in total. The van der Waals surface area contributed by atoms with Gasteiger partial charge in [0, 0.05) is 0 Å². The second-order valence-corrected chi connectivity index (χ2v) is 4.85. The predicted molar refractivity (Wildman–Crippen MR) is 56.5 cm³/mol. The van der Waals surface area contributed by atoms with Crippen molar-refractivity contribution in [2.24, 2.45) is 0 Å². The molecular weight excluding hydrogens is 255 g/mol. The molecule has 0 aliphatic heterocycles. The first kappa shape index (κ1) is 10.9. The van der Waals surface area contributed by atoms with Gasteiger partial charge in [-0.1, -0.05) is 11.6 Å². The molecule has 0 unspecified atom stereocenters. The summed E-state index contributed by atoms with van der Waals surface area (Å²) < 4.78 is 7.46. The Kier molecular flexibility index (Phi) is 2.92. The smallest absolute Gasteiger partial charge is 0.248 e. The van der Waals surface area contributed by atoms with Crippen molar-refractivity contribution in [3.05, 3.63) is 9.63 Å². The van der Waals surface area contributed by atoms with Crippen LogP contribution in [0.1, 0.15) is 20.8 Å². The summed E-state index contributed by atoms with van der Waals surface area (Å²) >= 11 is 9.36. The molecule has 0 spiro atoms. The van der Waals surface area contributed by atoms with Crippen LogP contribution in [0.2, 0.25) is 5.15 Å². The molecule has 0 fully saturated rings. The average molecular weight is 268 g/mol. The Hall–Kier alpha value is -0.220. The van der Waals surface area contributed by atoms with Gasteiger partial charge in [0.2, 0.25) is 5.88 Å². The highest BCUT2D eigenvalue weighted by Crippen LogP contribution is 2.34. The van der Waals surface area contributed by atoms with Gasteiger partial charge in [0.25, 0.3) is 0 Å². The molecule has 0 atom stereocenters. The fourth-order valence-electron chi connectivity index (χ4n) is 0.935. The topological polar surface area (TPSA) is 27.1 Å². The summed E-state index contributed by atoms with van der Waals surface area (Å²) in [4.78, 5) is 0. The van der Waals surface area contributed by atoms with Crippen molar-refractivity contribution in [2.45, 2.75) is 26.3 Å². The molecule has 1 rings (SSSR count). The van der Waals surface area contributed by atoms with E-state index in [9.17, 15) is 0 Å². The lowest BCUT2D eigenvalue weighted by atomic mass is 10.1. The van der Waals surface area contributed by atoms with Crippen LogP contribution in [0.15, 0.2) is 4.47 Å². The Bertz CT molecular complexity index is 317. The predicted octanol–water partition coefficient (Wildman–Crippen LogP) is 3.06. The molecule has 0 saturated carbocycles. The van der Waals surface area contributed by atoms with Crippen LogP contribution >= 0.6 is 27.5 Å². The molecule has 13 heavy (non-hydrogen) atoms. The van der Waals surface area contributed by atoms with Crippen molar-refractivity contribution in [2.75, 3.05) is 7.11 Å². The molecule has 1 heterocycles. The summed E-state index contributed by atoms with van der Waals surface area (Å²) in [7, 11) is 1.57. The first-order valence-electron chi connectivity index (χ1n) is 3.86. The minimum Gasteiger partial charge on any atom is -0.479 e. The standard InChI is InChI=1S/C8H12BrClN2O/c1-8(2,3)12-6(10)5(9)7(11-12)13-4/h1-4H3. The summed E-state index contributed by atoms with van der Waals surface area (Å²) in [5.41, 5.74) is -0.142. The van der Waals surface area contributed by atoms with Crippen molar-refractivity contribution in [1.82, 2.24) is 9.78 Å². The third-order valence-corrected chi connectivity index (χ3v) is 2.87. The van der Waals surface area contributed by atoms with Crippen LogP contribution in [0, 0.1) is 0 Å². The molecule has 0 N–H and O–H groups in total. The van der Waals surface area contributed by atoms with E-state index in [1.54, 1.807) is 11.8 Å². The zero-order chi connectivity index (χ0) is 10.2. The van der Waals surface area contributed by atoms with Crippen LogP contribution in [0.4, 0.5) is 0 Å². The zero-order valence-electron chi connectivity index (χ0n) is 8.06. The summed E-state index contributed by atoms with van der Waals surface area (Å²) in [6, 6.07) is 0. The lowest BCUT2D eigenvalue weighted by Gasteiger charge is -2.19. The average Bonchev–Trinajstić information content (AvgIpc) is 2.28. The van der Waals surface area contributed by atoms with Gasteiger partial charge in [-0.15, -0.1) is 5.10 Å². The molecule has 1 aromatic heterocycles. The van der Waals surface area contributed by atoms with Crippen LogP contribution in [0.3, 0.4) is 0 Å². The van der Waals surface area contributed by atoms with Crippen LogP contribution < -0.4 is 4.74 Å². The van der Waals surface area contributed by atoms with Crippen LogP contribution in [-0.2, 0) is 5.54 Å². The van der Waals surface area contributed by atoms with Gasteiger partial charge in [0.15, 0.2) is 0 Å². The zero-order valence-corrected chi connectivity index (χ0v) is 10.4. The van der Waals surface area contributed by atoms with Crippen molar-refractivity contribution >= 4 is 27.5 Å². The fourth-order valence-corrected chi connectivity index (χ4v) is 1.72. The number of nitrogens with zero attached hydrogens (tertiary/aromatic N) is 2. The first-order valence-corrected chi connectivity index (χ1v) is 5.03. The Morgan fingerprint density at radius 2 is 2.00 bits per heavy atom. The van der Waals surface area contributed by atoms with Gasteiger partial charge in [-0.05, 0) is 36.7 Å². The van der Waals surface area contributed by atoms with E-state index in [0.717, 1.165) is 0 Å². The summed E-state index contributed by atoms with van der Waals surface area (Å²) in [6.07, 6.45) is 0.